The van der Waals surface area contributed by atoms with Gasteiger partial charge in [0, 0.05) is 17.0 Å². The van der Waals surface area contributed by atoms with Crippen molar-refractivity contribution in [2.24, 2.45) is 5.92 Å². The van der Waals surface area contributed by atoms with Crippen LogP contribution in [-0.2, 0) is 12.0 Å². The molecule has 6 heteroatoms. The summed E-state index contributed by atoms with van der Waals surface area (Å²) in [6.45, 7) is 3.20. The molecule has 0 amide bonds. The summed E-state index contributed by atoms with van der Waals surface area (Å²) < 4.78 is 14.9. The molecular formula is C21H23ClFNO3. The van der Waals surface area contributed by atoms with E-state index in [0.717, 1.165) is 31.5 Å². The van der Waals surface area contributed by atoms with E-state index in [9.17, 15) is 19.4 Å². The number of hydrogen-bond donors (Lipinski definition) is 3. The molecule has 2 aromatic carbocycles. The Hall–Kier alpha value is -1.95. The molecule has 27 heavy (non-hydrogen) atoms. The molecule has 0 saturated carbocycles. The number of aromatic carboxylic acids is 1. The molecule has 1 heterocycles. The second-order valence-corrected chi connectivity index (χ2v) is 7.70. The molecule has 0 spiro atoms. The molecule has 1 atom stereocenters. The summed E-state index contributed by atoms with van der Waals surface area (Å²) in [4.78, 5) is 11.8. The zero-order valence-electron chi connectivity index (χ0n) is 15.1. The molecule has 3 rings (SSSR count). The van der Waals surface area contributed by atoms with E-state index >= 15 is 0 Å². The fourth-order valence-electron chi connectivity index (χ4n) is 3.73. The number of nitrogens with one attached hydrogen (secondary N) is 1. The molecule has 1 saturated heterocycles. The highest BCUT2D eigenvalue weighted by atomic mass is 35.5. The van der Waals surface area contributed by atoms with Crippen LogP contribution < -0.4 is 5.32 Å². The molecule has 144 valence electrons. The van der Waals surface area contributed by atoms with Gasteiger partial charge in [-0.25, -0.2) is 9.18 Å². The number of carboxylic acids is 1. The molecule has 3 N–H and O–H groups in total. The monoisotopic (exact) mass is 391 g/mol. The maximum atomic E-state index is 14.9. The predicted octanol–water partition coefficient (Wildman–Crippen LogP) is 3.98. The number of halogens is 2. The van der Waals surface area contributed by atoms with Crippen molar-refractivity contribution in [1.29, 1.82) is 0 Å². The maximum absolute atomic E-state index is 14.9. The average Bonchev–Trinajstić information content (AvgIpc) is 2.65. The predicted molar refractivity (Wildman–Crippen MR) is 103 cm³/mol. The van der Waals surface area contributed by atoms with Gasteiger partial charge in [0.05, 0.1) is 11.2 Å². The van der Waals surface area contributed by atoms with Crippen molar-refractivity contribution in [3.63, 3.8) is 0 Å². The van der Waals surface area contributed by atoms with Gasteiger partial charge in [-0.05, 0) is 74.2 Å². The molecule has 4 nitrogen and oxygen atoms in total. The van der Waals surface area contributed by atoms with E-state index in [-0.39, 0.29) is 23.5 Å². The van der Waals surface area contributed by atoms with Crippen molar-refractivity contribution in [1.82, 2.24) is 5.32 Å². The average molecular weight is 392 g/mol. The molecule has 1 aliphatic heterocycles. The lowest BCUT2D eigenvalue weighted by molar-refractivity contribution is -0.0189. The van der Waals surface area contributed by atoms with Gasteiger partial charge in [0.1, 0.15) is 5.82 Å². The second-order valence-electron chi connectivity index (χ2n) is 7.26. The first-order valence-corrected chi connectivity index (χ1v) is 9.40. The Morgan fingerprint density at radius 2 is 1.89 bits per heavy atom. The Bertz CT molecular complexity index is 830. The molecule has 1 aliphatic rings. The molecule has 0 aromatic heterocycles. The quantitative estimate of drug-likeness (QED) is 0.721. The van der Waals surface area contributed by atoms with Crippen LogP contribution in [0.3, 0.4) is 0 Å². The molecule has 1 unspecified atom stereocenters. The normalized spacial score (nSPS) is 17.5. The third-order valence-corrected chi connectivity index (χ3v) is 5.69. The molecule has 0 radical (unpaired) electrons. The number of benzene rings is 2. The van der Waals surface area contributed by atoms with Crippen LogP contribution in [0, 0.1) is 11.7 Å². The summed E-state index contributed by atoms with van der Waals surface area (Å²) in [5, 5.41) is 24.5. The standard InChI is InChI=1S/C21H23ClFNO3/c1-21(27,14-6-8-24-9-7-14)15-11-18(20(25)26)17(19(23)12-15)10-13-2-4-16(22)5-3-13/h2-5,11-12,14,24,27H,6-10H2,1H3,(H,25,26). The van der Waals surface area contributed by atoms with E-state index in [2.05, 4.69) is 5.32 Å². The minimum atomic E-state index is -1.29. The van der Waals surface area contributed by atoms with Crippen LogP contribution in [0.1, 0.15) is 46.8 Å². The highest BCUT2D eigenvalue weighted by Gasteiger charge is 2.36. The van der Waals surface area contributed by atoms with E-state index in [0.29, 0.717) is 10.6 Å². The third kappa shape index (κ3) is 4.32. The summed E-state index contributed by atoms with van der Waals surface area (Å²) in [5.41, 5.74) is -0.224. The second kappa shape index (κ2) is 7.97. The zero-order valence-corrected chi connectivity index (χ0v) is 15.9. The van der Waals surface area contributed by atoms with Crippen LogP contribution in [0.4, 0.5) is 4.39 Å². The fraction of sp³-hybridized carbons (Fsp3) is 0.381. The highest BCUT2D eigenvalue weighted by Crippen LogP contribution is 2.36. The van der Waals surface area contributed by atoms with Crippen LogP contribution in [0.15, 0.2) is 36.4 Å². The maximum Gasteiger partial charge on any atom is 0.336 e. The van der Waals surface area contributed by atoms with Gasteiger partial charge >= 0.3 is 5.97 Å². The summed E-state index contributed by atoms with van der Waals surface area (Å²) >= 11 is 5.87. The van der Waals surface area contributed by atoms with Crippen molar-refractivity contribution < 1.29 is 19.4 Å². The Balaban J connectivity index is 1.99. The minimum Gasteiger partial charge on any atom is -0.478 e. The SMILES string of the molecule is CC(O)(c1cc(F)c(Cc2ccc(Cl)cc2)c(C(=O)O)c1)C1CCNCC1. The molecular weight excluding hydrogens is 369 g/mol. The van der Waals surface area contributed by atoms with Gasteiger partial charge in [0.25, 0.3) is 0 Å². The summed E-state index contributed by atoms with van der Waals surface area (Å²) in [5.74, 6) is -1.88. The van der Waals surface area contributed by atoms with Gasteiger partial charge < -0.3 is 15.5 Å². The first kappa shape index (κ1) is 19.8. The van der Waals surface area contributed by atoms with Crippen LogP contribution >= 0.6 is 11.6 Å². The first-order chi connectivity index (χ1) is 12.8. The van der Waals surface area contributed by atoms with Crippen molar-refractivity contribution in [2.45, 2.75) is 31.8 Å². The lowest BCUT2D eigenvalue weighted by Gasteiger charge is -2.36. The Labute approximate surface area is 163 Å². The fourth-order valence-corrected chi connectivity index (χ4v) is 3.85. The van der Waals surface area contributed by atoms with E-state index in [1.165, 1.54) is 12.1 Å². The molecule has 2 aromatic rings. The van der Waals surface area contributed by atoms with Gasteiger partial charge in [0.2, 0.25) is 0 Å². The lowest BCUT2D eigenvalue weighted by atomic mass is 9.77. The largest absolute Gasteiger partial charge is 0.478 e. The molecule has 0 bridgehead atoms. The number of carbonyl (C=O) groups is 1. The Kier molecular flexibility index (Phi) is 5.84. The van der Waals surface area contributed by atoms with Crippen LogP contribution in [0.5, 0.6) is 0 Å². The van der Waals surface area contributed by atoms with Gasteiger partial charge in [-0.2, -0.15) is 0 Å². The van der Waals surface area contributed by atoms with E-state index in [1.54, 1.807) is 31.2 Å². The Morgan fingerprint density at radius 3 is 2.48 bits per heavy atom. The van der Waals surface area contributed by atoms with Gasteiger partial charge in [-0.1, -0.05) is 23.7 Å². The number of carboxylic acid groups (broad SMARTS) is 1. The van der Waals surface area contributed by atoms with Crippen molar-refractivity contribution in [3.8, 4) is 0 Å². The van der Waals surface area contributed by atoms with Crippen LogP contribution in [0.25, 0.3) is 0 Å². The smallest absolute Gasteiger partial charge is 0.336 e. The van der Waals surface area contributed by atoms with E-state index in [1.807, 2.05) is 0 Å². The topological polar surface area (TPSA) is 69.6 Å². The summed E-state index contributed by atoms with van der Waals surface area (Å²) in [6, 6.07) is 9.55. The number of aliphatic hydroxyl groups is 1. The third-order valence-electron chi connectivity index (χ3n) is 5.44. The van der Waals surface area contributed by atoms with Crippen molar-refractivity contribution in [3.05, 3.63) is 69.5 Å². The number of piperidine rings is 1. The van der Waals surface area contributed by atoms with Crippen molar-refractivity contribution >= 4 is 17.6 Å². The zero-order chi connectivity index (χ0) is 19.6. The first-order valence-electron chi connectivity index (χ1n) is 9.02. The molecule has 1 fully saturated rings. The lowest BCUT2D eigenvalue weighted by Crippen LogP contribution is -2.40. The minimum absolute atomic E-state index is 0.0538. The number of hydrogen-bond acceptors (Lipinski definition) is 3. The summed E-state index contributed by atoms with van der Waals surface area (Å²) in [7, 11) is 0. The van der Waals surface area contributed by atoms with E-state index < -0.39 is 17.4 Å². The Morgan fingerprint density at radius 1 is 1.26 bits per heavy atom. The summed E-state index contributed by atoms with van der Waals surface area (Å²) in [6.07, 6.45) is 1.65. The van der Waals surface area contributed by atoms with Crippen LogP contribution in [0.2, 0.25) is 5.02 Å². The number of rotatable bonds is 5. The molecule has 0 aliphatic carbocycles. The van der Waals surface area contributed by atoms with Gasteiger partial charge in [-0.3, -0.25) is 0 Å². The highest BCUT2D eigenvalue weighted by molar-refractivity contribution is 6.30. The van der Waals surface area contributed by atoms with E-state index in [4.69, 9.17) is 11.6 Å². The van der Waals surface area contributed by atoms with Crippen molar-refractivity contribution in [2.75, 3.05) is 13.1 Å². The van der Waals surface area contributed by atoms with Gasteiger partial charge in [0.15, 0.2) is 0 Å². The van der Waals surface area contributed by atoms with Gasteiger partial charge in [-0.15, -0.1) is 0 Å². The van der Waals surface area contributed by atoms with Crippen LogP contribution in [-0.4, -0.2) is 29.3 Å².